The van der Waals surface area contributed by atoms with Crippen molar-refractivity contribution in [3.63, 3.8) is 0 Å². The highest BCUT2D eigenvalue weighted by atomic mass is 16.5. The Morgan fingerprint density at radius 3 is 2.64 bits per heavy atom. The Balaban J connectivity index is 1.52. The zero-order valence-electron chi connectivity index (χ0n) is 16.5. The predicted octanol–water partition coefficient (Wildman–Crippen LogP) is 3.01. The van der Waals surface area contributed by atoms with E-state index < -0.39 is 0 Å². The SMILES string of the molecule is CCOCc1ccc(CNC(=NC)NCC2CC(=O)Nc3ccccc32)cc1. The molecule has 3 rings (SSSR count). The lowest BCUT2D eigenvalue weighted by Gasteiger charge is -2.26. The summed E-state index contributed by atoms with van der Waals surface area (Å²) in [5, 5.41) is 9.61. The number of ether oxygens (including phenoxy) is 1. The Morgan fingerprint density at radius 2 is 1.89 bits per heavy atom. The summed E-state index contributed by atoms with van der Waals surface area (Å²) in [7, 11) is 1.75. The van der Waals surface area contributed by atoms with E-state index in [-0.39, 0.29) is 11.8 Å². The molecule has 1 aliphatic rings. The maximum Gasteiger partial charge on any atom is 0.225 e. The van der Waals surface area contributed by atoms with Crippen LogP contribution in [0.3, 0.4) is 0 Å². The van der Waals surface area contributed by atoms with Gasteiger partial charge in [0.25, 0.3) is 0 Å². The molecule has 148 valence electrons. The van der Waals surface area contributed by atoms with Gasteiger partial charge in [-0.1, -0.05) is 42.5 Å². The molecule has 3 N–H and O–H groups in total. The van der Waals surface area contributed by atoms with E-state index in [4.69, 9.17) is 4.74 Å². The fraction of sp³-hybridized carbons (Fsp3) is 0.364. The van der Waals surface area contributed by atoms with E-state index in [9.17, 15) is 4.79 Å². The minimum absolute atomic E-state index is 0.0561. The van der Waals surface area contributed by atoms with E-state index >= 15 is 0 Å². The largest absolute Gasteiger partial charge is 0.377 e. The summed E-state index contributed by atoms with van der Waals surface area (Å²) in [4.78, 5) is 16.3. The van der Waals surface area contributed by atoms with Crippen molar-refractivity contribution < 1.29 is 9.53 Å². The number of guanidine groups is 1. The molecule has 1 heterocycles. The average molecular weight is 380 g/mol. The number of carbonyl (C=O) groups excluding carboxylic acids is 1. The monoisotopic (exact) mass is 380 g/mol. The van der Waals surface area contributed by atoms with E-state index in [1.54, 1.807) is 7.05 Å². The summed E-state index contributed by atoms with van der Waals surface area (Å²) < 4.78 is 5.42. The summed E-state index contributed by atoms with van der Waals surface area (Å²) in [5.74, 6) is 0.906. The summed E-state index contributed by atoms with van der Waals surface area (Å²) in [6.45, 7) is 4.69. The third-order valence-corrected chi connectivity index (χ3v) is 4.80. The number of nitrogens with one attached hydrogen (secondary N) is 3. The lowest BCUT2D eigenvalue weighted by atomic mass is 9.90. The smallest absolute Gasteiger partial charge is 0.225 e. The Kier molecular flexibility index (Phi) is 7.03. The van der Waals surface area contributed by atoms with Crippen LogP contribution in [0.5, 0.6) is 0 Å². The van der Waals surface area contributed by atoms with Crippen molar-refractivity contribution in [1.29, 1.82) is 0 Å². The predicted molar refractivity (Wildman–Crippen MR) is 112 cm³/mol. The number of nitrogens with zero attached hydrogens (tertiary/aromatic N) is 1. The van der Waals surface area contributed by atoms with Gasteiger partial charge in [-0.25, -0.2) is 0 Å². The second-order valence-electron chi connectivity index (χ2n) is 6.80. The number of rotatable bonds is 7. The van der Waals surface area contributed by atoms with Crippen molar-refractivity contribution >= 4 is 17.6 Å². The highest BCUT2D eigenvalue weighted by Gasteiger charge is 2.24. The number of anilines is 1. The third kappa shape index (κ3) is 5.33. The maximum atomic E-state index is 12.0. The normalized spacial score (nSPS) is 16.3. The van der Waals surface area contributed by atoms with Crippen molar-refractivity contribution in [2.45, 2.75) is 32.4 Å². The second kappa shape index (κ2) is 9.90. The van der Waals surface area contributed by atoms with Crippen LogP contribution in [0.2, 0.25) is 0 Å². The summed E-state index contributed by atoms with van der Waals surface area (Å²) in [5.41, 5.74) is 4.41. The zero-order chi connectivity index (χ0) is 19.8. The lowest BCUT2D eigenvalue weighted by Crippen LogP contribution is -2.40. The zero-order valence-corrected chi connectivity index (χ0v) is 16.5. The fourth-order valence-corrected chi connectivity index (χ4v) is 3.28. The number of carbonyl (C=O) groups is 1. The molecule has 1 atom stereocenters. The van der Waals surface area contributed by atoms with Crippen molar-refractivity contribution in [2.24, 2.45) is 4.99 Å². The number of amides is 1. The Bertz CT molecular complexity index is 818. The molecule has 2 aromatic rings. The first-order valence-corrected chi connectivity index (χ1v) is 9.68. The molecule has 6 nitrogen and oxygen atoms in total. The molecule has 0 aliphatic carbocycles. The lowest BCUT2D eigenvalue weighted by molar-refractivity contribution is -0.116. The summed E-state index contributed by atoms with van der Waals surface area (Å²) in [6, 6.07) is 16.3. The van der Waals surface area contributed by atoms with Gasteiger partial charge in [-0.2, -0.15) is 0 Å². The summed E-state index contributed by atoms with van der Waals surface area (Å²) >= 11 is 0. The van der Waals surface area contributed by atoms with Gasteiger partial charge < -0.3 is 20.7 Å². The van der Waals surface area contributed by atoms with Crippen LogP contribution in [0.25, 0.3) is 0 Å². The number of hydrogen-bond donors (Lipinski definition) is 3. The molecular weight excluding hydrogens is 352 g/mol. The molecule has 0 aromatic heterocycles. The number of fused-ring (bicyclic) bond motifs is 1. The fourth-order valence-electron chi connectivity index (χ4n) is 3.28. The first-order valence-electron chi connectivity index (χ1n) is 9.68. The van der Waals surface area contributed by atoms with Crippen molar-refractivity contribution in [2.75, 3.05) is 25.5 Å². The Labute approximate surface area is 166 Å². The number of benzene rings is 2. The molecule has 6 heteroatoms. The molecule has 28 heavy (non-hydrogen) atoms. The average Bonchev–Trinajstić information content (AvgIpc) is 2.73. The van der Waals surface area contributed by atoms with Crippen LogP contribution >= 0.6 is 0 Å². The molecule has 0 radical (unpaired) electrons. The van der Waals surface area contributed by atoms with Gasteiger partial charge in [0.1, 0.15) is 0 Å². The quantitative estimate of drug-likeness (QED) is 0.510. The molecule has 1 amide bonds. The van der Waals surface area contributed by atoms with Gasteiger partial charge in [0.2, 0.25) is 5.91 Å². The van der Waals surface area contributed by atoms with Crippen LogP contribution in [-0.4, -0.2) is 32.1 Å². The van der Waals surface area contributed by atoms with Gasteiger partial charge in [-0.3, -0.25) is 9.79 Å². The number of aliphatic imine (C=N–C) groups is 1. The van der Waals surface area contributed by atoms with Gasteiger partial charge >= 0.3 is 0 Å². The minimum atomic E-state index is 0.0561. The van der Waals surface area contributed by atoms with E-state index in [1.807, 2.05) is 25.1 Å². The first-order chi connectivity index (χ1) is 13.7. The van der Waals surface area contributed by atoms with Crippen molar-refractivity contribution in [3.05, 3.63) is 65.2 Å². The van der Waals surface area contributed by atoms with E-state index in [1.165, 1.54) is 11.1 Å². The van der Waals surface area contributed by atoms with Crippen molar-refractivity contribution in [1.82, 2.24) is 10.6 Å². The van der Waals surface area contributed by atoms with Crippen LogP contribution in [-0.2, 0) is 22.7 Å². The minimum Gasteiger partial charge on any atom is -0.377 e. The Hall–Kier alpha value is -2.86. The van der Waals surface area contributed by atoms with Crippen LogP contribution < -0.4 is 16.0 Å². The highest BCUT2D eigenvalue weighted by molar-refractivity contribution is 5.94. The van der Waals surface area contributed by atoms with E-state index in [0.29, 0.717) is 26.1 Å². The first kappa shape index (κ1) is 19.9. The summed E-state index contributed by atoms with van der Waals surface area (Å²) in [6.07, 6.45) is 0.475. The standard InChI is InChI=1S/C22H28N4O2/c1-3-28-15-17-10-8-16(9-11-17)13-24-22(23-2)25-14-18-12-21(27)26-20-7-5-4-6-19(18)20/h4-11,18H,3,12-15H2,1-2H3,(H,26,27)(H2,23,24,25). The second-order valence-corrected chi connectivity index (χ2v) is 6.80. The van der Waals surface area contributed by atoms with Gasteiger partial charge in [0.05, 0.1) is 6.61 Å². The highest BCUT2D eigenvalue weighted by Crippen LogP contribution is 2.31. The van der Waals surface area contributed by atoms with Crippen LogP contribution in [0.1, 0.15) is 36.0 Å². The molecule has 0 saturated carbocycles. The van der Waals surface area contributed by atoms with E-state index in [0.717, 1.165) is 23.8 Å². The Morgan fingerprint density at radius 1 is 1.14 bits per heavy atom. The van der Waals surface area contributed by atoms with E-state index in [2.05, 4.69) is 51.3 Å². The van der Waals surface area contributed by atoms with Crippen molar-refractivity contribution in [3.8, 4) is 0 Å². The molecule has 0 bridgehead atoms. The topological polar surface area (TPSA) is 74.8 Å². The van der Waals surface area contributed by atoms with Gasteiger partial charge in [-0.05, 0) is 29.7 Å². The van der Waals surface area contributed by atoms with Gasteiger partial charge in [0, 0.05) is 44.8 Å². The molecule has 0 saturated heterocycles. The molecular formula is C22H28N4O2. The molecule has 1 aliphatic heterocycles. The molecule has 1 unspecified atom stereocenters. The number of hydrogen-bond acceptors (Lipinski definition) is 3. The van der Waals surface area contributed by atoms with Crippen LogP contribution in [0.4, 0.5) is 5.69 Å². The van der Waals surface area contributed by atoms with Crippen LogP contribution in [0, 0.1) is 0 Å². The van der Waals surface area contributed by atoms with Crippen LogP contribution in [0.15, 0.2) is 53.5 Å². The third-order valence-electron chi connectivity index (χ3n) is 4.80. The van der Waals surface area contributed by atoms with Gasteiger partial charge in [0.15, 0.2) is 5.96 Å². The molecule has 2 aromatic carbocycles. The maximum absolute atomic E-state index is 12.0. The molecule has 0 spiro atoms. The molecule has 0 fully saturated rings. The van der Waals surface area contributed by atoms with Gasteiger partial charge in [-0.15, -0.1) is 0 Å². The number of para-hydroxylation sites is 1.